The van der Waals surface area contributed by atoms with Crippen LogP contribution in [0.25, 0.3) is 0 Å². The molecule has 3 N–H and O–H groups in total. The highest BCUT2D eigenvalue weighted by molar-refractivity contribution is 6.72. The fourth-order valence-electron chi connectivity index (χ4n) is 5.73. The van der Waals surface area contributed by atoms with Gasteiger partial charge in [-0.3, -0.25) is 9.59 Å². The Bertz CT molecular complexity index is 1120. The zero-order chi connectivity index (χ0) is 25.5. The average Bonchev–Trinajstić information content (AvgIpc) is 3.21. The summed E-state index contributed by atoms with van der Waals surface area (Å²) in [6.07, 6.45) is -1.41. The summed E-state index contributed by atoms with van der Waals surface area (Å²) in [5, 5.41) is 21.8. The minimum absolute atomic E-state index is 0.140. The van der Waals surface area contributed by atoms with Crippen LogP contribution in [0.4, 0.5) is 15.5 Å². The highest BCUT2D eigenvalue weighted by atomic mass is 28.4. The van der Waals surface area contributed by atoms with Crippen LogP contribution in [-0.2, 0) is 26.5 Å². The van der Waals surface area contributed by atoms with E-state index in [-0.39, 0.29) is 25.5 Å². The van der Waals surface area contributed by atoms with Crippen molar-refractivity contribution in [3.63, 3.8) is 0 Å². The van der Waals surface area contributed by atoms with E-state index in [9.17, 15) is 19.8 Å². The van der Waals surface area contributed by atoms with Crippen molar-refractivity contribution in [2.45, 2.75) is 63.3 Å². The van der Waals surface area contributed by atoms with Crippen molar-refractivity contribution in [3.8, 4) is 0 Å². The summed E-state index contributed by atoms with van der Waals surface area (Å²) in [4.78, 5) is 27.7. The molecule has 7 nitrogen and oxygen atoms in total. The zero-order valence-corrected chi connectivity index (χ0v) is 21.5. The third kappa shape index (κ3) is 4.42. The second kappa shape index (κ2) is 9.46. The first-order chi connectivity index (χ1) is 16.5. The van der Waals surface area contributed by atoms with Gasteiger partial charge in [0.1, 0.15) is 6.10 Å². The van der Waals surface area contributed by atoms with Crippen molar-refractivity contribution in [2.75, 3.05) is 16.8 Å². The average molecular weight is 501 g/mol. The normalized spacial score (nSPS) is 26.8. The molecule has 1 saturated heterocycles. The number of fused-ring (bicyclic) bond motifs is 2. The van der Waals surface area contributed by atoms with Crippen molar-refractivity contribution in [1.29, 1.82) is 0 Å². The number of halogens is 1. The van der Waals surface area contributed by atoms with Crippen LogP contribution in [0, 0.1) is 5.92 Å². The van der Waals surface area contributed by atoms with Crippen LogP contribution in [0.5, 0.6) is 0 Å². The van der Waals surface area contributed by atoms with Crippen LogP contribution in [0.1, 0.15) is 31.4 Å². The second-order valence-corrected chi connectivity index (χ2v) is 13.9. The minimum Gasteiger partial charge on any atom is -0.396 e. The minimum atomic E-state index is -3.23. The predicted octanol–water partition coefficient (Wildman–Crippen LogP) is 3.71. The first-order valence-corrected chi connectivity index (χ1v) is 14.9. The number of nitrogens with zero attached hydrogens (tertiary/aromatic N) is 1. The summed E-state index contributed by atoms with van der Waals surface area (Å²) in [6, 6.07) is 14.5. The molecule has 1 fully saturated rings. The number of benzene rings is 2. The molecule has 0 bridgehead atoms. The highest BCUT2D eigenvalue weighted by Gasteiger charge is 2.66. The summed E-state index contributed by atoms with van der Waals surface area (Å²) >= 11 is 0. The Morgan fingerprint density at radius 1 is 1.26 bits per heavy atom. The number of aliphatic hydroxyl groups excluding tert-OH is 2. The summed E-state index contributed by atoms with van der Waals surface area (Å²) in [7, 11) is -3.23. The van der Waals surface area contributed by atoms with Crippen LogP contribution in [-0.4, -0.2) is 49.2 Å². The molecule has 0 radical (unpaired) electrons. The van der Waals surface area contributed by atoms with E-state index in [1.807, 2.05) is 37.3 Å². The molecule has 0 saturated carbocycles. The van der Waals surface area contributed by atoms with Gasteiger partial charge in [0.05, 0.1) is 18.3 Å². The first kappa shape index (κ1) is 25.5. The lowest BCUT2D eigenvalue weighted by Gasteiger charge is -2.31. The van der Waals surface area contributed by atoms with E-state index >= 15 is 4.11 Å². The number of aliphatic hydroxyl groups is 2. The molecule has 0 unspecified atom stereocenters. The number of anilines is 2. The summed E-state index contributed by atoms with van der Waals surface area (Å²) in [6.45, 7) is 6.64. The SMILES string of the molecule is C[C@H](O)C(=O)Nc1cccc(CN2C(=O)[C@@]3(O[C@@H](CCO)[C@H]([Si](C)(C)F)[C@H]3C)c3ccccc32)c1. The number of para-hydroxylation sites is 1. The van der Waals surface area contributed by atoms with E-state index in [1.54, 1.807) is 36.2 Å². The molecule has 2 aliphatic rings. The van der Waals surface area contributed by atoms with E-state index in [0.717, 1.165) is 11.1 Å². The van der Waals surface area contributed by atoms with Gasteiger partial charge < -0.3 is 29.3 Å². The Kier molecular flexibility index (Phi) is 6.89. The Morgan fingerprint density at radius 2 is 1.97 bits per heavy atom. The van der Waals surface area contributed by atoms with Gasteiger partial charge in [-0.2, -0.15) is 0 Å². The van der Waals surface area contributed by atoms with Crippen LogP contribution < -0.4 is 10.2 Å². The Morgan fingerprint density at radius 3 is 2.63 bits per heavy atom. The maximum absolute atomic E-state index is 15.5. The molecule has 0 aromatic heterocycles. The lowest BCUT2D eigenvalue weighted by Crippen LogP contribution is -2.45. The van der Waals surface area contributed by atoms with E-state index in [2.05, 4.69) is 5.32 Å². The standard InChI is InChI=1S/C26H33FN2O5Si/c1-16-23(35(3,4)27)22(12-13-30)34-26(16)20-10-5-6-11-21(20)29(25(26)33)15-18-8-7-9-19(14-18)28-24(32)17(2)31/h5-11,14,16-17,22-23,30-31H,12-13,15H2,1-4H3,(H,28,32)/t16-,17+,22+,23-,26+/m1/s1. The highest BCUT2D eigenvalue weighted by Crippen LogP contribution is 2.60. The van der Waals surface area contributed by atoms with Gasteiger partial charge in [-0.15, -0.1) is 0 Å². The Hall–Kier alpha value is -2.59. The molecule has 2 aromatic carbocycles. The summed E-state index contributed by atoms with van der Waals surface area (Å²) < 4.78 is 22.0. The lowest BCUT2D eigenvalue weighted by molar-refractivity contribution is -0.146. The van der Waals surface area contributed by atoms with Gasteiger partial charge >= 0.3 is 0 Å². The molecule has 188 valence electrons. The molecule has 2 aromatic rings. The third-order valence-corrected chi connectivity index (χ3v) is 9.65. The lowest BCUT2D eigenvalue weighted by atomic mass is 9.82. The predicted molar refractivity (Wildman–Crippen MR) is 134 cm³/mol. The van der Waals surface area contributed by atoms with Gasteiger partial charge in [-0.1, -0.05) is 37.3 Å². The molecule has 2 heterocycles. The van der Waals surface area contributed by atoms with Crippen molar-refractivity contribution < 1.29 is 28.6 Å². The quantitative estimate of drug-likeness (QED) is 0.398. The molecular weight excluding hydrogens is 467 g/mol. The molecular formula is C26H33FN2O5Si. The van der Waals surface area contributed by atoms with Crippen LogP contribution >= 0.6 is 0 Å². The third-order valence-electron chi connectivity index (χ3n) is 7.20. The van der Waals surface area contributed by atoms with Crippen LogP contribution in [0.2, 0.25) is 18.6 Å². The fraction of sp³-hybridized carbons (Fsp3) is 0.462. The summed E-state index contributed by atoms with van der Waals surface area (Å²) in [5.74, 6) is -1.16. The monoisotopic (exact) mass is 500 g/mol. The summed E-state index contributed by atoms with van der Waals surface area (Å²) in [5.41, 5.74) is 0.981. The van der Waals surface area contributed by atoms with E-state index in [4.69, 9.17) is 4.74 Å². The topological polar surface area (TPSA) is 99.1 Å². The number of carbonyl (C=O) groups excluding carboxylic acids is 2. The number of hydrogen-bond donors (Lipinski definition) is 3. The fourth-order valence-corrected chi connectivity index (χ4v) is 8.27. The van der Waals surface area contributed by atoms with Crippen molar-refractivity contribution in [3.05, 3.63) is 59.7 Å². The number of hydrogen-bond acceptors (Lipinski definition) is 5. The maximum atomic E-state index is 15.5. The van der Waals surface area contributed by atoms with Crippen molar-refractivity contribution >= 4 is 31.6 Å². The second-order valence-electron chi connectivity index (χ2n) is 10.1. The van der Waals surface area contributed by atoms with Gasteiger partial charge in [0.2, 0.25) is 8.41 Å². The molecule has 2 aliphatic heterocycles. The zero-order valence-electron chi connectivity index (χ0n) is 20.5. The van der Waals surface area contributed by atoms with Gasteiger partial charge in [-0.25, -0.2) is 0 Å². The van der Waals surface area contributed by atoms with Crippen molar-refractivity contribution in [1.82, 2.24) is 0 Å². The first-order valence-electron chi connectivity index (χ1n) is 12.0. The maximum Gasteiger partial charge on any atom is 0.264 e. The molecule has 4 rings (SSSR count). The Labute approximate surface area is 206 Å². The van der Waals surface area contributed by atoms with Gasteiger partial charge in [0, 0.05) is 29.3 Å². The Balaban J connectivity index is 1.70. The molecule has 35 heavy (non-hydrogen) atoms. The number of rotatable bonds is 7. The van der Waals surface area contributed by atoms with E-state index < -0.39 is 43.6 Å². The van der Waals surface area contributed by atoms with E-state index in [0.29, 0.717) is 11.4 Å². The number of carbonyl (C=O) groups is 2. The molecule has 5 atom stereocenters. The van der Waals surface area contributed by atoms with Gasteiger partial charge in [0.25, 0.3) is 11.8 Å². The number of nitrogens with one attached hydrogen (secondary N) is 1. The van der Waals surface area contributed by atoms with Crippen LogP contribution in [0.15, 0.2) is 48.5 Å². The van der Waals surface area contributed by atoms with Gasteiger partial charge in [-0.05, 0) is 50.2 Å². The smallest absolute Gasteiger partial charge is 0.264 e. The molecule has 0 aliphatic carbocycles. The largest absolute Gasteiger partial charge is 0.396 e. The molecule has 9 heteroatoms. The number of amides is 2. The number of ether oxygens (including phenoxy) is 1. The van der Waals surface area contributed by atoms with E-state index in [1.165, 1.54) is 6.92 Å². The molecule has 2 amide bonds. The molecule has 1 spiro atoms. The van der Waals surface area contributed by atoms with Gasteiger partial charge in [0.15, 0.2) is 5.60 Å². The van der Waals surface area contributed by atoms with Crippen LogP contribution in [0.3, 0.4) is 0 Å². The van der Waals surface area contributed by atoms with Crippen molar-refractivity contribution in [2.24, 2.45) is 5.92 Å².